The van der Waals surface area contributed by atoms with Crippen molar-refractivity contribution in [2.45, 2.75) is 39.0 Å². The van der Waals surface area contributed by atoms with Gasteiger partial charge in [-0.1, -0.05) is 13.3 Å². The van der Waals surface area contributed by atoms with Gasteiger partial charge in [-0.25, -0.2) is 0 Å². The number of hydrogen-bond acceptors (Lipinski definition) is 2. The quantitative estimate of drug-likeness (QED) is 0.513. The first-order chi connectivity index (χ1) is 5.63. The SMILES string of the molecule is C[C@]12CCC[C@@H](C(=O)CC1)C2=O. The highest BCUT2D eigenvalue weighted by Gasteiger charge is 2.47. The van der Waals surface area contributed by atoms with Crippen molar-refractivity contribution < 1.29 is 9.59 Å². The van der Waals surface area contributed by atoms with Gasteiger partial charge in [0.25, 0.3) is 0 Å². The highest BCUT2D eigenvalue weighted by Crippen LogP contribution is 2.44. The van der Waals surface area contributed by atoms with Crippen LogP contribution in [0.25, 0.3) is 0 Å². The summed E-state index contributed by atoms with van der Waals surface area (Å²) in [4.78, 5) is 23.1. The van der Waals surface area contributed by atoms with Crippen LogP contribution in [0.15, 0.2) is 0 Å². The van der Waals surface area contributed by atoms with E-state index in [1.165, 1.54) is 0 Å². The van der Waals surface area contributed by atoms with Crippen LogP contribution in [0.4, 0.5) is 0 Å². The fourth-order valence-corrected chi connectivity index (χ4v) is 2.50. The third kappa shape index (κ3) is 0.936. The van der Waals surface area contributed by atoms with Gasteiger partial charge in [-0.3, -0.25) is 9.59 Å². The maximum Gasteiger partial charge on any atom is 0.149 e. The highest BCUT2D eigenvalue weighted by atomic mass is 16.2. The van der Waals surface area contributed by atoms with Gasteiger partial charge in [-0.2, -0.15) is 0 Å². The Morgan fingerprint density at radius 3 is 2.75 bits per heavy atom. The first-order valence-corrected chi connectivity index (χ1v) is 4.70. The van der Waals surface area contributed by atoms with Crippen LogP contribution in [-0.2, 0) is 9.59 Å². The zero-order valence-corrected chi connectivity index (χ0v) is 7.43. The van der Waals surface area contributed by atoms with E-state index in [-0.39, 0.29) is 22.9 Å². The lowest BCUT2D eigenvalue weighted by Crippen LogP contribution is -2.45. The van der Waals surface area contributed by atoms with Gasteiger partial charge < -0.3 is 0 Å². The number of hydrogen-bond donors (Lipinski definition) is 0. The number of carbonyl (C=O) groups excluding carboxylic acids is 2. The topological polar surface area (TPSA) is 34.1 Å². The molecule has 0 radical (unpaired) electrons. The van der Waals surface area contributed by atoms with Crippen molar-refractivity contribution in [2.24, 2.45) is 11.3 Å². The van der Waals surface area contributed by atoms with E-state index in [1.54, 1.807) is 0 Å². The molecule has 0 saturated heterocycles. The molecule has 2 nitrogen and oxygen atoms in total. The molecule has 0 aromatic carbocycles. The van der Waals surface area contributed by atoms with E-state index in [2.05, 4.69) is 0 Å². The smallest absolute Gasteiger partial charge is 0.149 e. The molecule has 66 valence electrons. The average Bonchev–Trinajstić information content (AvgIpc) is 2.03. The van der Waals surface area contributed by atoms with Crippen LogP contribution in [0.3, 0.4) is 0 Å². The number of carbonyl (C=O) groups is 2. The van der Waals surface area contributed by atoms with Crippen LogP contribution in [0.2, 0.25) is 0 Å². The van der Waals surface area contributed by atoms with Gasteiger partial charge in [0.05, 0.1) is 5.92 Å². The van der Waals surface area contributed by atoms with E-state index in [4.69, 9.17) is 0 Å². The van der Waals surface area contributed by atoms with Gasteiger partial charge in [0.2, 0.25) is 0 Å². The van der Waals surface area contributed by atoms with Crippen molar-refractivity contribution in [1.82, 2.24) is 0 Å². The van der Waals surface area contributed by atoms with Crippen LogP contribution >= 0.6 is 0 Å². The van der Waals surface area contributed by atoms with E-state index in [0.29, 0.717) is 6.42 Å². The minimum atomic E-state index is -0.225. The van der Waals surface area contributed by atoms with Crippen LogP contribution in [0.5, 0.6) is 0 Å². The summed E-state index contributed by atoms with van der Waals surface area (Å²) in [5.41, 5.74) is -0.142. The molecule has 0 aromatic rings. The fourth-order valence-electron chi connectivity index (χ4n) is 2.50. The third-order valence-corrected chi connectivity index (χ3v) is 3.44. The predicted octanol–water partition coefficient (Wildman–Crippen LogP) is 1.72. The van der Waals surface area contributed by atoms with Gasteiger partial charge in [0.1, 0.15) is 11.6 Å². The Morgan fingerprint density at radius 1 is 1.33 bits per heavy atom. The molecule has 0 unspecified atom stereocenters. The summed E-state index contributed by atoms with van der Waals surface area (Å²) < 4.78 is 0. The van der Waals surface area contributed by atoms with E-state index in [0.717, 1.165) is 25.7 Å². The Hall–Kier alpha value is -0.660. The highest BCUT2D eigenvalue weighted by molar-refractivity contribution is 6.07. The van der Waals surface area contributed by atoms with Crippen molar-refractivity contribution in [3.8, 4) is 0 Å². The number of rotatable bonds is 0. The summed E-state index contributed by atoms with van der Waals surface area (Å²) in [5, 5.41) is 0. The Balaban J connectivity index is 2.31. The van der Waals surface area contributed by atoms with Crippen molar-refractivity contribution in [3.63, 3.8) is 0 Å². The maximum absolute atomic E-state index is 11.7. The van der Waals surface area contributed by atoms with Crippen molar-refractivity contribution in [1.29, 1.82) is 0 Å². The molecular weight excluding hydrogens is 152 g/mol. The van der Waals surface area contributed by atoms with Gasteiger partial charge in [-0.05, 0) is 19.3 Å². The largest absolute Gasteiger partial charge is 0.299 e. The molecule has 2 bridgehead atoms. The molecular formula is C10H14O2. The third-order valence-electron chi connectivity index (χ3n) is 3.44. The molecule has 0 spiro atoms. The fraction of sp³-hybridized carbons (Fsp3) is 0.800. The summed E-state index contributed by atoms with van der Waals surface area (Å²) in [6.45, 7) is 2.02. The zero-order valence-electron chi connectivity index (χ0n) is 7.43. The second kappa shape index (κ2) is 2.41. The molecule has 0 heterocycles. The molecule has 0 N–H and O–H groups in total. The van der Waals surface area contributed by atoms with Gasteiger partial charge >= 0.3 is 0 Å². The van der Waals surface area contributed by atoms with Crippen molar-refractivity contribution >= 4 is 11.6 Å². The average molecular weight is 166 g/mol. The molecule has 0 aliphatic heterocycles. The Kier molecular flexibility index (Phi) is 1.60. The molecule has 2 aliphatic carbocycles. The van der Waals surface area contributed by atoms with Gasteiger partial charge in [-0.15, -0.1) is 0 Å². The minimum absolute atomic E-state index is 0.142. The van der Waals surface area contributed by atoms with Crippen LogP contribution < -0.4 is 0 Å². The lowest BCUT2D eigenvalue weighted by atomic mass is 9.62. The van der Waals surface area contributed by atoms with Crippen molar-refractivity contribution in [3.05, 3.63) is 0 Å². The zero-order chi connectivity index (χ0) is 8.77. The van der Waals surface area contributed by atoms with Crippen LogP contribution in [0, 0.1) is 11.3 Å². The standard InChI is InChI=1S/C10H14O2/c1-10-5-2-3-7(9(10)12)8(11)4-6-10/h7H,2-6H2,1H3/t7-,10-/m0/s1. The minimum Gasteiger partial charge on any atom is -0.299 e. The molecule has 0 amide bonds. The molecule has 0 aromatic heterocycles. The van der Waals surface area contributed by atoms with E-state index < -0.39 is 0 Å². The van der Waals surface area contributed by atoms with E-state index in [9.17, 15) is 9.59 Å². The Morgan fingerprint density at radius 2 is 2.08 bits per heavy atom. The summed E-state index contributed by atoms with van der Waals surface area (Å²) >= 11 is 0. The Labute approximate surface area is 72.3 Å². The summed E-state index contributed by atoms with van der Waals surface area (Å²) in [5.74, 6) is 0.194. The molecule has 2 fully saturated rings. The van der Waals surface area contributed by atoms with Gasteiger partial charge in [0.15, 0.2) is 0 Å². The predicted molar refractivity (Wildman–Crippen MR) is 44.7 cm³/mol. The first kappa shape index (κ1) is 7.96. The summed E-state index contributed by atoms with van der Waals surface area (Å²) in [6, 6.07) is 0. The lowest BCUT2D eigenvalue weighted by molar-refractivity contribution is -0.147. The molecule has 2 aliphatic rings. The maximum atomic E-state index is 11.7. The second-order valence-corrected chi connectivity index (χ2v) is 4.34. The van der Waals surface area contributed by atoms with Gasteiger partial charge in [0, 0.05) is 11.8 Å². The molecule has 2 atom stereocenters. The molecule has 2 heteroatoms. The van der Waals surface area contributed by atoms with E-state index in [1.807, 2.05) is 6.92 Å². The number of Topliss-reactive ketones (excluding diaryl/α,β-unsaturated/α-hetero) is 2. The molecule has 2 saturated carbocycles. The normalized spacial score (nSPS) is 41.6. The summed E-state index contributed by atoms with van der Waals surface area (Å²) in [7, 11) is 0. The van der Waals surface area contributed by atoms with E-state index >= 15 is 0 Å². The molecule has 12 heavy (non-hydrogen) atoms. The number of ketones is 2. The number of fused-ring (bicyclic) bond motifs is 2. The second-order valence-electron chi connectivity index (χ2n) is 4.34. The first-order valence-electron chi connectivity index (χ1n) is 4.70. The van der Waals surface area contributed by atoms with Crippen LogP contribution in [0.1, 0.15) is 39.0 Å². The monoisotopic (exact) mass is 166 g/mol. The molecule has 2 rings (SSSR count). The van der Waals surface area contributed by atoms with Crippen LogP contribution in [-0.4, -0.2) is 11.6 Å². The lowest BCUT2D eigenvalue weighted by Gasteiger charge is -2.40. The Bertz CT molecular complexity index is 244. The summed E-state index contributed by atoms with van der Waals surface area (Å²) in [6.07, 6.45) is 4.29. The van der Waals surface area contributed by atoms with Crippen molar-refractivity contribution in [2.75, 3.05) is 0 Å².